The van der Waals surface area contributed by atoms with E-state index in [9.17, 15) is 4.79 Å². The first-order valence-corrected chi connectivity index (χ1v) is 9.25. The van der Waals surface area contributed by atoms with Gasteiger partial charge >= 0.3 is 6.09 Å². The summed E-state index contributed by atoms with van der Waals surface area (Å²) < 4.78 is 5.39. The van der Waals surface area contributed by atoms with Gasteiger partial charge in [0.25, 0.3) is 0 Å². The average molecular weight is 486 g/mol. The van der Waals surface area contributed by atoms with Crippen molar-refractivity contribution in [1.29, 1.82) is 0 Å². The summed E-state index contributed by atoms with van der Waals surface area (Å²) in [5.41, 5.74) is -0.981. The summed E-state index contributed by atoms with van der Waals surface area (Å²) in [4.78, 5) is 16.8. The number of halogens is 1. The number of aliphatic imine (C=N–C) groups is 1. The first-order valence-electron chi connectivity index (χ1n) is 9.25. The summed E-state index contributed by atoms with van der Waals surface area (Å²) in [6, 6.07) is 0. The summed E-state index contributed by atoms with van der Waals surface area (Å²) in [6.45, 7) is 15.5. The maximum atomic E-state index is 12.2. The molecular formula is C18H39IN4O3. The Morgan fingerprint density at radius 1 is 1.15 bits per heavy atom. The van der Waals surface area contributed by atoms with Crippen LogP contribution in [0.15, 0.2) is 4.99 Å². The van der Waals surface area contributed by atoms with Gasteiger partial charge in [-0.2, -0.15) is 0 Å². The molecule has 26 heavy (non-hydrogen) atoms. The molecule has 0 saturated carbocycles. The lowest BCUT2D eigenvalue weighted by atomic mass is 9.93. The molecule has 0 aromatic carbocycles. The van der Waals surface area contributed by atoms with Crippen molar-refractivity contribution >= 4 is 36.0 Å². The van der Waals surface area contributed by atoms with Crippen molar-refractivity contribution in [3.63, 3.8) is 0 Å². The maximum Gasteiger partial charge on any atom is 0.408 e. The second-order valence-corrected chi connectivity index (χ2v) is 7.48. The Balaban J connectivity index is 0. The van der Waals surface area contributed by atoms with Gasteiger partial charge in [-0.3, -0.25) is 4.99 Å². The SMILES string of the molecule is CCNC(=NCC(CC)(CC)NC(=O)OC(C)(C)C)NCC(C)CO.I. The molecule has 0 aliphatic rings. The molecule has 0 rings (SSSR count). The molecule has 0 heterocycles. The minimum Gasteiger partial charge on any atom is -0.444 e. The zero-order valence-electron chi connectivity index (χ0n) is 17.4. The Morgan fingerprint density at radius 3 is 2.15 bits per heavy atom. The van der Waals surface area contributed by atoms with Crippen LogP contribution in [0.3, 0.4) is 0 Å². The molecule has 0 aliphatic heterocycles. The van der Waals surface area contributed by atoms with Gasteiger partial charge in [-0.15, -0.1) is 24.0 Å². The Hall–Kier alpha value is -0.770. The van der Waals surface area contributed by atoms with E-state index in [-0.39, 0.29) is 36.5 Å². The van der Waals surface area contributed by atoms with E-state index < -0.39 is 17.2 Å². The first-order chi connectivity index (χ1) is 11.6. The molecule has 0 aromatic heterocycles. The summed E-state index contributed by atoms with van der Waals surface area (Å²) in [7, 11) is 0. The van der Waals surface area contributed by atoms with Crippen molar-refractivity contribution in [2.75, 3.05) is 26.2 Å². The number of carbonyl (C=O) groups excluding carboxylic acids is 1. The van der Waals surface area contributed by atoms with Gasteiger partial charge in [0.1, 0.15) is 5.60 Å². The number of ether oxygens (including phenoxy) is 1. The Morgan fingerprint density at radius 2 is 1.73 bits per heavy atom. The van der Waals surface area contributed by atoms with E-state index in [0.717, 1.165) is 19.4 Å². The molecule has 1 unspecified atom stereocenters. The van der Waals surface area contributed by atoms with Crippen molar-refractivity contribution < 1.29 is 14.6 Å². The third-order valence-electron chi connectivity index (χ3n) is 3.93. The smallest absolute Gasteiger partial charge is 0.408 e. The summed E-state index contributed by atoms with van der Waals surface area (Å²) in [5, 5.41) is 18.5. The van der Waals surface area contributed by atoms with Crippen molar-refractivity contribution in [3.05, 3.63) is 0 Å². The number of nitrogens with one attached hydrogen (secondary N) is 3. The first kappa shape index (κ1) is 27.4. The van der Waals surface area contributed by atoms with Crippen LogP contribution in [0, 0.1) is 5.92 Å². The molecule has 7 nitrogen and oxygen atoms in total. The van der Waals surface area contributed by atoms with E-state index in [1.54, 1.807) is 0 Å². The monoisotopic (exact) mass is 486 g/mol. The van der Waals surface area contributed by atoms with Gasteiger partial charge < -0.3 is 25.8 Å². The number of aliphatic hydroxyl groups excluding tert-OH is 1. The molecule has 0 spiro atoms. The molecule has 0 saturated heterocycles. The van der Waals surface area contributed by atoms with Crippen LogP contribution in [0.2, 0.25) is 0 Å². The zero-order valence-corrected chi connectivity index (χ0v) is 19.8. The van der Waals surface area contributed by atoms with Crippen LogP contribution < -0.4 is 16.0 Å². The van der Waals surface area contributed by atoms with Crippen LogP contribution in [0.1, 0.15) is 61.3 Å². The van der Waals surface area contributed by atoms with Crippen LogP contribution >= 0.6 is 24.0 Å². The van der Waals surface area contributed by atoms with Gasteiger partial charge in [0, 0.05) is 19.7 Å². The second-order valence-electron chi connectivity index (χ2n) is 7.48. The predicted octanol–water partition coefficient (Wildman–Crippen LogP) is 2.87. The standard InChI is InChI=1S/C18H38N4O3.HI/c1-8-18(9-2,22-16(24)25-17(5,6)7)13-21-15(19-10-3)20-11-14(4)12-23;/h14,23H,8-13H2,1-7H3,(H,22,24)(H2,19,20,21);1H. The van der Waals surface area contributed by atoms with Crippen LogP contribution in [0.4, 0.5) is 4.79 Å². The topological polar surface area (TPSA) is 95.0 Å². The fraction of sp³-hybridized carbons (Fsp3) is 0.889. The molecule has 4 N–H and O–H groups in total. The molecule has 0 aliphatic carbocycles. The lowest BCUT2D eigenvalue weighted by Crippen LogP contribution is -2.52. The number of rotatable bonds is 9. The number of hydrogen-bond acceptors (Lipinski definition) is 4. The molecule has 1 amide bonds. The van der Waals surface area contributed by atoms with Crippen LogP contribution in [0.5, 0.6) is 0 Å². The molecule has 8 heteroatoms. The molecular weight excluding hydrogens is 447 g/mol. The highest BCUT2D eigenvalue weighted by molar-refractivity contribution is 14.0. The minimum absolute atomic E-state index is 0. The number of amides is 1. The van der Waals surface area contributed by atoms with E-state index in [0.29, 0.717) is 19.0 Å². The van der Waals surface area contributed by atoms with E-state index in [2.05, 4.69) is 20.9 Å². The number of hydrogen-bond donors (Lipinski definition) is 4. The Kier molecular flexibility index (Phi) is 14.2. The van der Waals surface area contributed by atoms with Crippen LogP contribution in [-0.2, 0) is 4.74 Å². The van der Waals surface area contributed by atoms with Gasteiger partial charge in [0.05, 0.1) is 12.1 Å². The van der Waals surface area contributed by atoms with E-state index in [4.69, 9.17) is 9.84 Å². The number of nitrogens with zero attached hydrogens (tertiary/aromatic N) is 1. The quantitative estimate of drug-likeness (QED) is 0.229. The number of aliphatic hydroxyl groups is 1. The lowest BCUT2D eigenvalue weighted by molar-refractivity contribution is 0.0452. The highest BCUT2D eigenvalue weighted by atomic mass is 127. The lowest BCUT2D eigenvalue weighted by Gasteiger charge is -2.32. The molecule has 156 valence electrons. The molecule has 0 bridgehead atoms. The number of carbonyl (C=O) groups is 1. The van der Waals surface area contributed by atoms with Crippen molar-refractivity contribution in [3.8, 4) is 0 Å². The summed E-state index contributed by atoms with van der Waals surface area (Å²) >= 11 is 0. The van der Waals surface area contributed by atoms with Gasteiger partial charge in [-0.25, -0.2) is 4.79 Å². The normalized spacial score (nSPS) is 13.5. The largest absolute Gasteiger partial charge is 0.444 e. The second kappa shape index (κ2) is 13.4. The fourth-order valence-electron chi connectivity index (χ4n) is 2.12. The third kappa shape index (κ3) is 11.8. The fourth-order valence-corrected chi connectivity index (χ4v) is 2.12. The van der Waals surface area contributed by atoms with Gasteiger partial charge in [0.15, 0.2) is 5.96 Å². The van der Waals surface area contributed by atoms with E-state index in [1.807, 2.05) is 48.5 Å². The Labute approximate surface area is 176 Å². The predicted molar refractivity (Wildman–Crippen MR) is 118 cm³/mol. The highest BCUT2D eigenvalue weighted by Crippen LogP contribution is 2.17. The number of alkyl carbamates (subject to hydrolysis) is 1. The van der Waals surface area contributed by atoms with Gasteiger partial charge in [-0.1, -0.05) is 20.8 Å². The van der Waals surface area contributed by atoms with Crippen molar-refractivity contribution in [2.24, 2.45) is 10.9 Å². The molecule has 0 radical (unpaired) electrons. The average Bonchev–Trinajstić information content (AvgIpc) is 2.54. The van der Waals surface area contributed by atoms with Crippen molar-refractivity contribution in [2.45, 2.75) is 72.4 Å². The van der Waals surface area contributed by atoms with E-state index >= 15 is 0 Å². The van der Waals surface area contributed by atoms with Crippen LogP contribution in [0.25, 0.3) is 0 Å². The molecule has 0 aromatic rings. The maximum absolute atomic E-state index is 12.2. The van der Waals surface area contributed by atoms with E-state index in [1.165, 1.54) is 0 Å². The third-order valence-corrected chi connectivity index (χ3v) is 3.93. The van der Waals surface area contributed by atoms with Gasteiger partial charge in [-0.05, 0) is 46.5 Å². The molecule has 1 atom stereocenters. The summed E-state index contributed by atoms with van der Waals surface area (Å²) in [5.74, 6) is 0.825. The summed E-state index contributed by atoms with van der Waals surface area (Å²) in [6.07, 6.45) is 1.08. The highest BCUT2D eigenvalue weighted by Gasteiger charge is 2.30. The Bertz CT molecular complexity index is 421. The molecule has 0 fully saturated rings. The minimum atomic E-state index is -0.530. The van der Waals surface area contributed by atoms with Crippen LogP contribution in [-0.4, -0.2) is 54.5 Å². The van der Waals surface area contributed by atoms with Gasteiger partial charge in [0.2, 0.25) is 0 Å². The van der Waals surface area contributed by atoms with Crippen molar-refractivity contribution in [1.82, 2.24) is 16.0 Å². The zero-order chi connectivity index (χ0) is 19.5. The number of guanidine groups is 1.